The van der Waals surface area contributed by atoms with Gasteiger partial charge in [-0.05, 0) is 32.9 Å². The molecule has 3 nitrogen and oxygen atoms in total. The van der Waals surface area contributed by atoms with Gasteiger partial charge < -0.3 is 9.64 Å². The zero-order valence-corrected chi connectivity index (χ0v) is 10.0. The van der Waals surface area contributed by atoms with Gasteiger partial charge in [-0.25, -0.2) is 0 Å². The summed E-state index contributed by atoms with van der Waals surface area (Å²) in [5.74, 6) is 0. The van der Waals surface area contributed by atoms with Crippen LogP contribution in [0.4, 0.5) is 0 Å². The van der Waals surface area contributed by atoms with Crippen molar-refractivity contribution in [2.24, 2.45) is 0 Å². The second kappa shape index (κ2) is 5.28. The summed E-state index contributed by atoms with van der Waals surface area (Å²) in [4.78, 5) is 2.61. The van der Waals surface area contributed by atoms with Crippen LogP contribution >= 0.6 is 0 Å². The van der Waals surface area contributed by atoms with Crippen LogP contribution in [0.1, 0.15) is 39.5 Å². The third-order valence-electron chi connectivity index (χ3n) is 3.67. The average molecular weight is 212 g/mol. The third kappa shape index (κ3) is 2.92. The summed E-state index contributed by atoms with van der Waals surface area (Å²) in [5.41, 5.74) is 0. The molecule has 2 aliphatic rings. The maximum absolute atomic E-state index is 5.82. The molecule has 0 amide bonds. The number of likely N-dealkylation sites (tertiary alicyclic amines) is 1. The van der Waals surface area contributed by atoms with Crippen LogP contribution in [0, 0.1) is 0 Å². The predicted molar refractivity (Wildman–Crippen MR) is 61.8 cm³/mol. The number of ether oxygens (including phenoxy) is 1. The van der Waals surface area contributed by atoms with E-state index in [4.69, 9.17) is 4.74 Å². The number of nitrogens with zero attached hydrogens (tertiary/aromatic N) is 1. The zero-order valence-electron chi connectivity index (χ0n) is 10.0. The van der Waals surface area contributed by atoms with Crippen molar-refractivity contribution in [2.45, 2.75) is 57.9 Å². The van der Waals surface area contributed by atoms with E-state index in [0.717, 1.165) is 19.0 Å². The van der Waals surface area contributed by atoms with Crippen LogP contribution in [0.2, 0.25) is 0 Å². The van der Waals surface area contributed by atoms with E-state index in [1.54, 1.807) is 0 Å². The second-order valence-electron chi connectivity index (χ2n) is 4.86. The van der Waals surface area contributed by atoms with E-state index in [1.165, 1.54) is 32.4 Å². The molecule has 2 rings (SSSR count). The van der Waals surface area contributed by atoms with Gasteiger partial charge in [-0.3, -0.25) is 5.32 Å². The fourth-order valence-corrected chi connectivity index (χ4v) is 2.80. The van der Waals surface area contributed by atoms with Gasteiger partial charge in [-0.2, -0.15) is 0 Å². The molecule has 0 aromatic carbocycles. The minimum Gasteiger partial charge on any atom is -0.359 e. The van der Waals surface area contributed by atoms with Crippen molar-refractivity contribution < 1.29 is 4.74 Å². The molecule has 0 radical (unpaired) electrons. The van der Waals surface area contributed by atoms with Gasteiger partial charge in [0.2, 0.25) is 0 Å². The minimum atomic E-state index is 0.303. The predicted octanol–water partition coefficient (Wildman–Crippen LogP) is 1.59. The van der Waals surface area contributed by atoms with E-state index in [9.17, 15) is 0 Å². The Labute approximate surface area is 93.2 Å². The number of nitrogens with one attached hydrogen (secondary N) is 1. The van der Waals surface area contributed by atoms with Crippen LogP contribution in [0.15, 0.2) is 0 Å². The quantitative estimate of drug-likeness (QED) is 0.769. The fourth-order valence-electron chi connectivity index (χ4n) is 2.80. The molecule has 0 spiro atoms. The van der Waals surface area contributed by atoms with E-state index in [1.807, 2.05) is 0 Å². The van der Waals surface area contributed by atoms with Gasteiger partial charge in [0.1, 0.15) is 6.23 Å². The van der Waals surface area contributed by atoms with Crippen molar-refractivity contribution in [2.75, 3.05) is 19.6 Å². The largest absolute Gasteiger partial charge is 0.359 e. The zero-order chi connectivity index (χ0) is 10.7. The van der Waals surface area contributed by atoms with Gasteiger partial charge in [0, 0.05) is 19.0 Å². The lowest BCUT2D eigenvalue weighted by molar-refractivity contribution is 0.0179. The molecule has 0 aromatic heterocycles. The Hall–Kier alpha value is -0.120. The van der Waals surface area contributed by atoms with Gasteiger partial charge in [0.25, 0.3) is 0 Å². The molecule has 2 aliphatic heterocycles. The first-order valence-electron chi connectivity index (χ1n) is 6.42. The van der Waals surface area contributed by atoms with Crippen molar-refractivity contribution in [3.05, 3.63) is 0 Å². The van der Waals surface area contributed by atoms with Crippen molar-refractivity contribution >= 4 is 0 Å². The Morgan fingerprint density at radius 1 is 1.40 bits per heavy atom. The Morgan fingerprint density at radius 3 is 2.93 bits per heavy atom. The summed E-state index contributed by atoms with van der Waals surface area (Å²) in [6.45, 7) is 7.90. The molecule has 0 aliphatic carbocycles. The van der Waals surface area contributed by atoms with Crippen molar-refractivity contribution in [3.8, 4) is 0 Å². The van der Waals surface area contributed by atoms with E-state index >= 15 is 0 Å². The molecular weight excluding hydrogens is 188 g/mol. The van der Waals surface area contributed by atoms with Crippen LogP contribution in [-0.2, 0) is 4.74 Å². The summed E-state index contributed by atoms with van der Waals surface area (Å²) in [6, 6.07) is 0.742. The highest BCUT2D eigenvalue weighted by Gasteiger charge is 2.28. The standard InChI is InChI=1S/C12H24N2O/c1-3-14-7-5-4-6-11(14)8-12-13-9-10(2)15-12/h10-13H,3-9H2,1-2H3. The topological polar surface area (TPSA) is 24.5 Å². The number of rotatable bonds is 3. The monoisotopic (exact) mass is 212 g/mol. The highest BCUT2D eigenvalue weighted by molar-refractivity contribution is 4.81. The average Bonchev–Trinajstić information content (AvgIpc) is 2.65. The summed E-state index contributed by atoms with van der Waals surface area (Å²) in [7, 11) is 0. The van der Waals surface area contributed by atoms with Crippen molar-refractivity contribution in [1.82, 2.24) is 10.2 Å². The minimum absolute atomic E-state index is 0.303. The van der Waals surface area contributed by atoms with E-state index in [-0.39, 0.29) is 0 Å². The molecule has 3 heteroatoms. The van der Waals surface area contributed by atoms with E-state index in [0.29, 0.717) is 12.3 Å². The Morgan fingerprint density at radius 2 is 2.27 bits per heavy atom. The molecule has 2 fully saturated rings. The van der Waals surface area contributed by atoms with Crippen LogP contribution in [0.5, 0.6) is 0 Å². The van der Waals surface area contributed by atoms with Crippen LogP contribution in [0.3, 0.4) is 0 Å². The third-order valence-corrected chi connectivity index (χ3v) is 3.67. The van der Waals surface area contributed by atoms with Crippen LogP contribution in [-0.4, -0.2) is 42.9 Å². The molecule has 0 aromatic rings. The molecule has 15 heavy (non-hydrogen) atoms. The molecule has 3 atom stereocenters. The lowest BCUT2D eigenvalue weighted by Gasteiger charge is -2.36. The maximum atomic E-state index is 5.82. The second-order valence-corrected chi connectivity index (χ2v) is 4.86. The van der Waals surface area contributed by atoms with Crippen LogP contribution in [0.25, 0.3) is 0 Å². The molecule has 2 heterocycles. The highest BCUT2D eigenvalue weighted by atomic mass is 16.5. The number of piperidine rings is 1. The molecule has 88 valence electrons. The SMILES string of the molecule is CCN1CCCCC1CC1NCC(C)O1. The lowest BCUT2D eigenvalue weighted by Crippen LogP contribution is -2.43. The van der Waals surface area contributed by atoms with Crippen LogP contribution < -0.4 is 5.32 Å². The van der Waals surface area contributed by atoms with Gasteiger partial charge >= 0.3 is 0 Å². The molecule has 0 saturated carbocycles. The smallest absolute Gasteiger partial charge is 0.110 e. The normalized spacial score (nSPS) is 38.4. The number of hydrogen-bond acceptors (Lipinski definition) is 3. The van der Waals surface area contributed by atoms with E-state index in [2.05, 4.69) is 24.1 Å². The molecule has 0 bridgehead atoms. The first-order chi connectivity index (χ1) is 7.29. The van der Waals surface area contributed by atoms with Gasteiger partial charge in [0.05, 0.1) is 6.10 Å². The maximum Gasteiger partial charge on any atom is 0.110 e. The van der Waals surface area contributed by atoms with Gasteiger partial charge in [-0.15, -0.1) is 0 Å². The Balaban J connectivity index is 1.81. The summed E-state index contributed by atoms with van der Waals surface area (Å²) in [5, 5.41) is 3.45. The lowest BCUT2D eigenvalue weighted by atomic mass is 9.99. The van der Waals surface area contributed by atoms with Crippen molar-refractivity contribution in [3.63, 3.8) is 0 Å². The molecule has 1 N–H and O–H groups in total. The fraction of sp³-hybridized carbons (Fsp3) is 1.00. The van der Waals surface area contributed by atoms with Gasteiger partial charge in [0.15, 0.2) is 0 Å². The first kappa shape index (κ1) is 11.4. The summed E-state index contributed by atoms with van der Waals surface area (Å²) >= 11 is 0. The molecule has 2 saturated heterocycles. The Kier molecular flexibility index (Phi) is 4.00. The summed E-state index contributed by atoms with van der Waals surface area (Å²) in [6.07, 6.45) is 5.98. The molecular formula is C12H24N2O. The highest BCUT2D eigenvalue weighted by Crippen LogP contribution is 2.22. The number of hydrogen-bond donors (Lipinski definition) is 1. The summed E-state index contributed by atoms with van der Waals surface area (Å²) < 4.78 is 5.82. The van der Waals surface area contributed by atoms with Gasteiger partial charge in [-0.1, -0.05) is 13.3 Å². The van der Waals surface area contributed by atoms with Crippen molar-refractivity contribution in [1.29, 1.82) is 0 Å². The Bertz CT molecular complexity index is 198. The molecule has 3 unspecified atom stereocenters. The van der Waals surface area contributed by atoms with E-state index < -0.39 is 0 Å². The first-order valence-corrected chi connectivity index (χ1v) is 6.42.